The summed E-state index contributed by atoms with van der Waals surface area (Å²) in [5.41, 5.74) is 10.7. The normalized spacial score (nSPS) is 11.9. The quantitative estimate of drug-likeness (QED) is 0.190. The minimum Gasteiger partial charge on any atom is -0.306 e. The molecule has 10 aromatic rings. The topological polar surface area (TPSA) is 56.5 Å². The Morgan fingerprint density at radius 2 is 0.922 bits per heavy atom. The fourth-order valence-electron chi connectivity index (χ4n) is 8.02. The van der Waals surface area contributed by atoms with Crippen molar-refractivity contribution >= 4 is 43.4 Å². The maximum Gasteiger partial charge on any atom is 0.184 e. The summed E-state index contributed by atoms with van der Waals surface area (Å²) < 4.78 is 2.40. The van der Waals surface area contributed by atoms with Crippen LogP contribution >= 0.6 is 0 Å². The van der Waals surface area contributed by atoms with Gasteiger partial charge in [0, 0.05) is 38.9 Å². The molecule has 5 nitrogen and oxygen atoms in total. The second-order valence-corrected chi connectivity index (χ2v) is 13.0. The minimum absolute atomic E-state index is 0.522. The molecule has 1 aliphatic rings. The number of fused-ring (bicyclic) bond motifs is 4. The van der Waals surface area contributed by atoms with E-state index in [1.165, 1.54) is 43.8 Å². The number of nitrogens with zero attached hydrogens (tertiary/aromatic N) is 5. The molecule has 11 rings (SSSR count). The maximum atomic E-state index is 5.19. The van der Waals surface area contributed by atoms with Crippen LogP contribution in [0.3, 0.4) is 0 Å². The number of aromatic nitrogens is 5. The summed E-state index contributed by atoms with van der Waals surface area (Å²) in [6, 6.07) is 55.3. The first-order valence-electron chi connectivity index (χ1n) is 17.2. The van der Waals surface area contributed by atoms with Crippen LogP contribution < -0.4 is 0 Å². The zero-order valence-corrected chi connectivity index (χ0v) is 27.3. The highest BCUT2D eigenvalue weighted by atomic mass is 15.1. The van der Waals surface area contributed by atoms with Crippen molar-refractivity contribution in [2.75, 3.05) is 0 Å². The predicted octanol–water partition coefficient (Wildman–Crippen LogP) is 11.3. The molecule has 7 aromatic carbocycles. The molecule has 0 atom stereocenters. The SMILES string of the molecule is c1ccc(-c2nc(-c3ccccc3)nc(-c3ncc4ccccc4c3-n3c4cccc5c4c4c6c(cccc6ccc43)-c3ccccc3-5)n2)cc1. The standard InChI is InChI=1S/C46H27N5/c1-3-13-29(14-4-1)44-48-45(30-15-5-2-6-16-30)50-46(49-44)42-43(32-19-8-7-17-31(32)27-47-42)51-37-24-12-23-36-34-21-10-9-20-33(34)35-22-11-18-28-25-26-38(51)41(39(28)35)40(36)37/h1-27H. The molecule has 3 aromatic heterocycles. The fraction of sp³-hybridized carbons (Fsp3) is 0. The highest BCUT2D eigenvalue weighted by Gasteiger charge is 2.27. The van der Waals surface area contributed by atoms with Gasteiger partial charge in [0.05, 0.1) is 16.7 Å². The molecule has 0 fully saturated rings. The summed E-state index contributed by atoms with van der Waals surface area (Å²) in [4.78, 5) is 20.5. The summed E-state index contributed by atoms with van der Waals surface area (Å²) in [6.45, 7) is 0. The Morgan fingerprint density at radius 3 is 1.65 bits per heavy atom. The zero-order chi connectivity index (χ0) is 33.5. The number of benzene rings is 7. The van der Waals surface area contributed by atoms with Gasteiger partial charge in [-0.15, -0.1) is 0 Å². The van der Waals surface area contributed by atoms with Gasteiger partial charge in [0.25, 0.3) is 0 Å². The van der Waals surface area contributed by atoms with Crippen LogP contribution in [-0.4, -0.2) is 24.5 Å². The van der Waals surface area contributed by atoms with Crippen LogP contribution in [0.4, 0.5) is 0 Å². The maximum absolute atomic E-state index is 5.19. The van der Waals surface area contributed by atoms with E-state index in [0.29, 0.717) is 23.2 Å². The monoisotopic (exact) mass is 649 g/mol. The van der Waals surface area contributed by atoms with Gasteiger partial charge in [-0.05, 0) is 45.2 Å². The molecule has 0 N–H and O–H groups in total. The second kappa shape index (κ2) is 10.8. The Balaban J connectivity index is 1.30. The van der Waals surface area contributed by atoms with E-state index in [1.54, 1.807) is 0 Å². The minimum atomic E-state index is 0.522. The van der Waals surface area contributed by atoms with Crippen LogP contribution in [0.15, 0.2) is 164 Å². The predicted molar refractivity (Wildman–Crippen MR) is 208 cm³/mol. The number of hydrogen-bond acceptors (Lipinski definition) is 4. The van der Waals surface area contributed by atoms with Gasteiger partial charge in [0.1, 0.15) is 5.69 Å². The van der Waals surface area contributed by atoms with Gasteiger partial charge in [-0.2, -0.15) is 0 Å². The molecule has 1 aliphatic carbocycles. The van der Waals surface area contributed by atoms with Crippen LogP contribution in [0.25, 0.3) is 106 Å². The van der Waals surface area contributed by atoms with Crippen LogP contribution in [0.1, 0.15) is 0 Å². The van der Waals surface area contributed by atoms with Crippen molar-refractivity contribution in [3.05, 3.63) is 164 Å². The van der Waals surface area contributed by atoms with E-state index in [9.17, 15) is 0 Å². The first-order valence-corrected chi connectivity index (χ1v) is 17.2. The Kier molecular flexibility index (Phi) is 5.89. The Morgan fingerprint density at radius 1 is 0.373 bits per heavy atom. The summed E-state index contributed by atoms with van der Waals surface area (Å²) in [5, 5.41) is 7.08. The molecule has 51 heavy (non-hydrogen) atoms. The molecule has 0 radical (unpaired) electrons. The van der Waals surface area contributed by atoms with Crippen molar-refractivity contribution < 1.29 is 0 Å². The highest BCUT2D eigenvalue weighted by Crippen LogP contribution is 2.50. The average molecular weight is 650 g/mol. The van der Waals surface area contributed by atoms with Crippen LogP contribution in [0.2, 0.25) is 0 Å². The molecule has 0 saturated carbocycles. The molecule has 0 saturated heterocycles. The first-order chi connectivity index (χ1) is 25.3. The summed E-state index contributed by atoms with van der Waals surface area (Å²) in [6.07, 6.45) is 1.94. The Bertz CT molecular complexity index is 2960. The summed E-state index contributed by atoms with van der Waals surface area (Å²) in [7, 11) is 0. The lowest BCUT2D eigenvalue weighted by atomic mass is 9.93. The molecule has 0 amide bonds. The van der Waals surface area contributed by atoms with Crippen LogP contribution in [0.5, 0.6) is 0 Å². The van der Waals surface area contributed by atoms with Crippen LogP contribution in [0, 0.1) is 0 Å². The fourth-order valence-corrected chi connectivity index (χ4v) is 8.02. The van der Waals surface area contributed by atoms with E-state index in [4.69, 9.17) is 19.9 Å². The van der Waals surface area contributed by atoms with Crippen molar-refractivity contribution in [3.8, 4) is 62.2 Å². The van der Waals surface area contributed by atoms with Gasteiger partial charge in [-0.1, -0.05) is 146 Å². The number of rotatable bonds is 4. The van der Waals surface area contributed by atoms with Gasteiger partial charge in [0.2, 0.25) is 0 Å². The molecule has 236 valence electrons. The van der Waals surface area contributed by atoms with E-state index >= 15 is 0 Å². The first kappa shape index (κ1) is 27.9. The average Bonchev–Trinajstić information content (AvgIpc) is 3.48. The van der Waals surface area contributed by atoms with E-state index in [1.807, 2.05) is 66.9 Å². The van der Waals surface area contributed by atoms with Crippen molar-refractivity contribution in [2.45, 2.75) is 0 Å². The molecule has 0 spiro atoms. The molecular formula is C46H27N5. The smallest absolute Gasteiger partial charge is 0.184 e. The number of pyridine rings is 1. The van der Waals surface area contributed by atoms with Gasteiger partial charge >= 0.3 is 0 Å². The van der Waals surface area contributed by atoms with Gasteiger partial charge < -0.3 is 4.57 Å². The third kappa shape index (κ3) is 4.09. The zero-order valence-electron chi connectivity index (χ0n) is 27.3. The van der Waals surface area contributed by atoms with Crippen molar-refractivity contribution in [1.29, 1.82) is 0 Å². The van der Waals surface area contributed by atoms with Crippen molar-refractivity contribution in [3.63, 3.8) is 0 Å². The van der Waals surface area contributed by atoms with Gasteiger partial charge in [-0.3, -0.25) is 0 Å². The second-order valence-electron chi connectivity index (χ2n) is 13.0. The van der Waals surface area contributed by atoms with Crippen LogP contribution in [-0.2, 0) is 0 Å². The largest absolute Gasteiger partial charge is 0.306 e. The molecular weight excluding hydrogens is 623 g/mol. The lowest BCUT2D eigenvalue weighted by Crippen LogP contribution is -2.06. The third-order valence-electron chi connectivity index (χ3n) is 10.2. The Labute approximate surface area is 293 Å². The third-order valence-corrected chi connectivity index (χ3v) is 10.2. The van der Waals surface area contributed by atoms with E-state index in [-0.39, 0.29) is 0 Å². The summed E-state index contributed by atoms with van der Waals surface area (Å²) in [5.74, 6) is 1.73. The summed E-state index contributed by atoms with van der Waals surface area (Å²) >= 11 is 0. The molecule has 0 unspecified atom stereocenters. The number of hydrogen-bond donors (Lipinski definition) is 0. The van der Waals surface area contributed by atoms with Crippen molar-refractivity contribution in [2.24, 2.45) is 0 Å². The molecule has 5 heteroatoms. The van der Waals surface area contributed by atoms with E-state index in [2.05, 4.69) is 102 Å². The van der Waals surface area contributed by atoms with Gasteiger partial charge in [0.15, 0.2) is 17.5 Å². The lowest BCUT2D eigenvalue weighted by molar-refractivity contribution is 1.05. The van der Waals surface area contributed by atoms with E-state index < -0.39 is 0 Å². The molecule has 0 bridgehead atoms. The van der Waals surface area contributed by atoms with Gasteiger partial charge in [-0.25, -0.2) is 19.9 Å². The lowest BCUT2D eigenvalue weighted by Gasteiger charge is -2.17. The Hall–Kier alpha value is -6.98. The molecule has 0 aliphatic heterocycles. The molecule has 3 heterocycles. The van der Waals surface area contributed by atoms with Crippen molar-refractivity contribution in [1.82, 2.24) is 24.5 Å². The van der Waals surface area contributed by atoms with E-state index in [0.717, 1.165) is 38.6 Å². The highest BCUT2D eigenvalue weighted by molar-refractivity contribution is 6.30.